The zero-order valence-corrected chi connectivity index (χ0v) is 7.40. The van der Waals surface area contributed by atoms with E-state index in [1.807, 2.05) is 0 Å². The van der Waals surface area contributed by atoms with Crippen LogP contribution in [-0.4, -0.2) is 67.1 Å². The van der Waals surface area contributed by atoms with E-state index in [2.05, 4.69) is 4.74 Å². The highest BCUT2D eigenvalue weighted by Gasteiger charge is 2.57. The average Bonchev–Trinajstić information content (AvgIpc) is 2.13. The second-order valence-electron chi connectivity index (χ2n) is 2.88. The number of hydrogen-bond donors (Lipinski definition) is 7. The van der Waals surface area contributed by atoms with Crippen LogP contribution in [0.3, 0.4) is 0 Å². The second kappa shape index (κ2) is 4.51. The van der Waals surface area contributed by atoms with Crippen molar-refractivity contribution >= 4 is 7.32 Å². The van der Waals surface area contributed by atoms with Crippen LogP contribution in [0.15, 0.2) is 0 Å². The summed E-state index contributed by atoms with van der Waals surface area (Å²) in [7, 11) is -2.17. The van der Waals surface area contributed by atoms with Crippen LogP contribution in [0.25, 0.3) is 0 Å². The molecule has 0 radical (unpaired) electrons. The van der Waals surface area contributed by atoms with E-state index >= 15 is 0 Å². The fourth-order valence-corrected chi connectivity index (χ4v) is 0.773. The smallest absolute Gasteiger partial charge is 0.402 e. The van der Waals surface area contributed by atoms with E-state index in [1.54, 1.807) is 0 Å². The molecule has 9 heteroatoms. The first-order valence-corrected chi connectivity index (χ1v) is 3.64. The maximum atomic E-state index is 9.01. The molecule has 0 aliphatic carbocycles. The van der Waals surface area contributed by atoms with Gasteiger partial charge in [-0.05, 0) is 6.92 Å². The average molecular weight is 212 g/mol. The summed E-state index contributed by atoms with van der Waals surface area (Å²) in [6, 6.07) is 0. The van der Waals surface area contributed by atoms with Crippen molar-refractivity contribution in [3.63, 3.8) is 0 Å². The lowest BCUT2D eigenvalue weighted by Crippen LogP contribution is -2.54. The van der Waals surface area contributed by atoms with E-state index < -0.39 is 25.0 Å². The molecule has 1 saturated heterocycles. The molecule has 1 heterocycles. The molecule has 0 spiro atoms. The van der Waals surface area contributed by atoms with Crippen LogP contribution in [0.1, 0.15) is 6.92 Å². The molecule has 1 aliphatic rings. The van der Waals surface area contributed by atoms with E-state index in [1.165, 1.54) is 0 Å². The molecule has 8 nitrogen and oxygen atoms in total. The molecule has 7 N–H and O–H groups in total. The Morgan fingerprint density at radius 3 is 1.64 bits per heavy atom. The maximum Gasteiger partial charge on any atom is 0.631 e. The second-order valence-corrected chi connectivity index (χ2v) is 2.88. The Labute approximate surface area is 79.8 Å². The largest absolute Gasteiger partial charge is 0.631 e. The summed E-state index contributed by atoms with van der Waals surface area (Å²) in [5, 5.41) is 57.2. The van der Waals surface area contributed by atoms with Gasteiger partial charge < -0.3 is 40.2 Å². The Hall–Kier alpha value is -0.255. The molecule has 0 bridgehead atoms. The third-order valence-electron chi connectivity index (χ3n) is 1.67. The van der Waals surface area contributed by atoms with Crippen LogP contribution in [0.2, 0.25) is 0 Å². The van der Waals surface area contributed by atoms with Gasteiger partial charge in [-0.1, -0.05) is 0 Å². The highest BCUT2D eigenvalue weighted by atomic mass is 16.7. The zero-order chi connectivity index (χ0) is 11.6. The molecule has 0 aromatic carbocycles. The molecule has 0 aromatic rings. The first-order chi connectivity index (χ1) is 6.11. The topological polar surface area (TPSA) is 151 Å². The Morgan fingerprint density at radius 1 is 1.21 bits per heavy atom. The molecule has 14 heavy (non-hydrogen) atoms. The van der Waals surface area contributed by atoms with Gasteiger partial charge in [-0.2, -0.15) is 0 Å². The first kappa shape index (κ1) is 13.7. The number of aliphatic hydroxyl groups excluding tert-OH is 1. The van der Waals surface area contributed by atoms with Crippen molar-refractivity contribution in [2.45, 2.75) is 24.6 Å². The number of hydrogen-bond acceptors (Lipinski definition) is 8. The molecule has 0 saturated carbocycles. The monoisotopic (exact) mass is 212 g/mol. The normalized spacial score (nSPS) is 34.7. The molecule has 1 fully saturated rings. The molecular formula is C5H13BO8. The van der Waals surface area contributed by atoms with Gasteiger partial charge in [-0.15, -0.1) is 0 Å². The van der Waals surface area contributed by atoms with Crippen molar-refractivity contribution < 1.29 is 40.2 Å². The highest BCUT2D eigenvalue weighted by molar-refractivity contribution is 6.30. The van der Waals surface area contributed by atoms with Crippen LogP contribution in [0.5, 0.6) is 0 Å². The molecule has 0 amide bonds. The van der Waals surface area contributed by atoms with Gasteiger partial charge in [0.05, 0.1) is 6.61 Å². The van der Waals surface area contributed by atoms with Crippen molar-refractivity contribution in [2.24, 2.45) is 0 Å². The highest BCUT2D eigenvalue weighted by Crippen LogP contribution is 2.31. The van der Waals surface area contributed by atoms with E-state index in [4.69, 9.17) is 35.5 Å². The summed E-state index contributed by atoms with van der Waals surface area (Å²) in [6.45, 7) is 0.795. The van der Waals surface area contributed by atoms with Crippen molar-refractivity contribution in [2.75, 3.05) is 6.61 Å². The van der Waals surface area contributed by atoms with Crippen molar-refractivity contribution in [3.8, 4) is 0 Å². The Bertz CT molecular complexity index is 178. The minimum absolute atomic E-state index is 0.278. The lowest BCUT2D eigenvalue weighted by Gasteiger charge is -2.28. The summed E-state index contributed by atoms with van der Waals surface area (Å²) in [5.41, 5.74) is 0. The van der Waals surface area contributed by atoms with Gasteiger partial charge in [0, 0.05) is 0 Å². The van der Waals surface area contributed by atoms with Crippen LogP contribution in [0.4, 0.5) is 0 Å². The summed E-state index contributed by atoms with van der Waals surface area (Å²) >= 11 is 0. The summed E-state index contributed by atoms with van der Waals surface area (Å²) in [4.78, 5) is 0. The van der Waals surface area contributed by atoms with Gasteiger partial charge in [0.25, 0.3) is 0 Å². The van der Waals surface area contributed by atoms with Gasteiger partial charge in [0.1, 0.15) is 6.10 Å². The van der Waals surface area contributed by atoms with Crippen LogP contribution < -0.4 is 0 Å². The third kappa shape index (κ3) is 3.15. The third-order valence-corrected chi connectivity index (χ3v) is 1.67. The Morgan fingerprint density at radius 2 is 1.57 bits per heavy atom. The molecule has 0 aromatic heterocycles. The molecule has 2 unspecified atom stereocenters. The molecular weight excluding hydrogens is 199 g/mol. The van der Waals surface area contributed by atoms with E-state index in [9.17, 15) is 0 Å². The van der Waals surface area contributed by atoms with Crippen LogP contribution in [-0.2, 0) is 4.74 Å². The van der Waals surface area contributed by atoms with Crippen molar-refractivity contribution in [3.05, 3.63) is 0 Å². The van der Waals surface area contributed by atoms with Gasteiger partial charge in [0.15, 0.2) is 0 Å². The van der Waals surface area contributed by atoms with E-state index in [0.717, 1.165) is 6.92 Å². The fourth-order valence-electron chi connectivity index (χ4n) is 0.773. The predicted molar refractivity (Wildman–Crippen MR) is 42.2 cm³/mol. The minimum Gasteiger partial charge on any atom is -0.402 e. The summed E-state index contributed by atoms with van der Waals surface area (Å²) in [6.07, 6.45) is -1.46. The van der Waals surface area contributed by atoms with Crippen molar-refractivity contribution in [1.29, 1.82) is 0 Å². The Balaban J connectivity index is 0.000000364. The first-order valence-electron chi connectivity index (χ1n) is 3.64. The molecule has 1 aliphatic heterocycles. The predicted octanol–water partition coefficient (Wildman–Crippen LogP) is -4.28. The summed E-state index contributed by atoms with van der Waals surface area (Å²) < 4.78 is 4.47. The minimum atomic E-state index is -2.56. The number of ether oxygens (including phenoxy) is 1. The standard InChI is InChI=1S/C5H10O5.BH3O3/c1-4(7)5(8,9)3(6)2-10-4;2-1(3)4/h3,6-9H,2H2,1H3;2-4H. The lowest BCUT2D eigenvalue weighted by molar-refractivity contribution is -0.335. The molecule has 2 atom stereocenters. The number of rotatable bonds is 0. The maximum absolute atomic E-state index is 9.01. The SMILES string of the molecule is CC1(O)OCC(O)C1(O)O.OB(O)O. The quantitative estimate of drug-likeness (QED) is 0.157. The van der Waals surface area contributed by atoms with Crippen molar-refractivity contribution in [1.82, 2.24) is 0 Å². The van der Waals surface area contributed by atoms with Gasteiger partial charge >= 0.3 is 7.32 Å². The fraction of sp³-hybridized carbons (Fsp3) is 1.00. The summed E-state index contributed by atoms with van der Waals surface area (Å²) in [5.74, 6) is -4.64. The van der Waals surface area contributed by atoms with Gasteiger partial charge in [-0.3, -0.25) is 0 Å². The van der Waals surface area contributed by atoms with E-state index in [-0.39, 0.29) is 6.61 Å². The van der Waals surface area contributed by atoms with Gasteiger partial charge in [0.2, 0.25) is 11.6 Å². The van der Waals surface area contributed by atoms with Gasteiger partial charge in [-0.25, -0.2) is 0 Å². The Kier molecular flexibility index (Phi) is 4.43. The van der Waals surface area contributed by atoms with E-state index in [0.29, 0.717) is 0 Å². The molecule has 84 valence electrons. The molecule has 1 rings (SSSR count). The zero-order valence-electron chi connectivity index (χ0n) is 7.40. The number of aliphatic hydroxyl groups is 4. The van der Waals surface area contributed by atoms with Crippen LogP contribution in [0, 0.1) is 0 Å². The lowest BCUT2D eigenvalue weighted by atomic mass is 10.1. The van der Waals surface area contributed by atoms with Crippen LogP contribution >= 0.6 is 0 Å².